The Morgan fingerprint density at radius 1 is 0.875 bits per heavy atom. The van der Waals surface area contributed by atoms with Gasteiger partial charge in [-0.15, -0.1) is 0 Å². The molecule has 0 aliphatic heterocycles. The number of hydrogen-bond donors (Lipinski definition) is 0. The van der Waals surface area contributed by atoms with Gasteiger partial charge in [-0.2, -0.15) is 0 Å². The van der Waals surface area contributed by atoms with E-state index >= 15 is 0 Å². The third-order valence-corrected chi connectivity index (χ3v) is 3.82. The first-order chi connectivity index (χ1) is 7.14. The van der Waals surface area contributed by atoms with Crippen LogP contribution in [0, 0.1) is 17.8 Å². The van der Waals surface area contributed by atoms with Crippen LogP contribution in [0.5, 0.6) is 0 Å². The molecule has 1 aliphatic carbocycles. The smallest absolute Gasteiger partial charge is 0.207 e. The lowest BCUT2D eigenvalue weighted by Crippen LogP contribution is -2.39. The minimum absolute atomic E-state index is 0.0143. The molecule has 3 atom stereocenters. The SMILES string of the molecule is CCC1C[C@@H](C(C)(F)F)C[C@@H](C(C)(F)F)C1. The first kappa shape index (κ1) is 13.8. The zero-order valence-corrected chi connectivity index (χ0v) is 10.1. The molecule has 0 spiro atoms. The Labute approximate surface area is 94.4 Å². The number of hydrogen-bond acceptors (Lipinski definition) is 0. The van der Waals surface area contributed by atoms with E-state index in [9.17, 15) is 17.6 Å². The van der Waals surface area contributed by atoms with Crippen LogP contribution in [0.3, 0.4) is 0 Å². The highest BCUT2D eigenvalue weighted by Crippen LogP contribution is 2.47. The summed E-state index contributed by atoms with van der Waals surface area (Å²) < 4.78 is 52.9. The van der Waals surface area contributed by atoms with Crippen molar-refractivity contribution < 1.29 is 17.6 Å². The quantitative estimate of drug-likeness (QED) is 0.625. The third-order valence-electron chi connectivity index (χ3n) is 3.82. The Hall–Kier alpha value is -0.280. The van der Waals surface area contributed by atoms with Crippen LogP contribution in [0.4, 0.5) is 17.6 Å². The van der Waals surface area contributed by atoms with Gasteiger partial charge >= 0.3 is 0 Å². The average molecular weight is 240 g/mol. The topological polar surface area (TPSA) is 0 Å². The van der Waals surface area contributed by atoms with Crippen LogP contribution in [0.25, 0.3) is 0 Å². The fraction of sp³-hybridized carbons (Fsp3) is 1.00. The highest BCUT2D eigenvalue weighted by Gasteiger charge is 2.46. The Morgan fingerprint density at radius 2 is 1.25 bits per heavy atom. The molecule has 1 saturated carbocycles. The van der Waals surface area contributed by atoms with Crippen LogP contribution in [-0.4, -0.2) is 11.8 Å². The molecule has 0 N–H and O–H groups in total. The second-order valence-corrected chi connectivity index (χ2v) is 5.29. The van der Waals surface area contributed by atoms with Crippen LogP contribution >= 0.6 is 0 Å². The fourth-order valence-electron chi connectivity index (χ4n) is 2.60. The lowest BCUT2D eigenvalue weighted by Gasteiger charge is -2.39. The molecule has 4 heteroatoms. The van der Waals surface area contributed by atoms with Gasteiger partial charge in [-0.1, -0.05) is 13.3 Å². The second-order valence-electron chi connectivity index (χ2n) is 5.29. The van der Waals surface area contributed by atoms with Gasteiger partial charge in [0.15, 0.2) is 0 Å². The highest BCUT2D eigenvalue weighted by atomic mass is 19.3. The largest absolute Gasteiger partial charge is 0.248 e. The monoisotopic (exact) mass is 240 g/mol. The maximum absolute atomic E-state index is 13.2. The highest BCUT2D eigenvalue weighted by molar-refractivity contribution is 4.88. The summed E-state index contributed by atoms with van der Waals surface area (Å²) in [6.07, 6.45) is 1.42. The average Bonchev–Trinajstić information content (AvgIpc) is 2.14. The Bertz CT molecular complexity index is 204. The van der Waals surface area contributed by atoms with Crippen LogP contribution in [0.2, 0.25) is 0 Å². The van der Waals surface area contributed by atoms with Crippen LogP contribution in [-0.2, 0) is 0 Å². The molecule has 0 amide bonds. The maximum atomic E-state index is 13.2. The predicted molar refractivity (Wildman–Crippen MR) is 55.9 cm³/mol. The molecule has 0 aromatic carbocycles. The molecular weight excluding hydrogens is 220 g/mol. The van der Waals surface area contributed by atoms with Crippen molar-refractivity contribution in [1.29, 1.82) is 0 Å². The molecule has 1 rings (SSSR count). The van der Waals surface area contributed by atoms with E-state index in [4.69, 9.17) is 0 Å². The van der Waals surface area contributed by atoms with E-state index < -0.39 is 23.7 Å². The summed E-state index contributed by atoms with van der Waals surface area (Å²) in [5.74, 6) is -7.43. The molecule has 0 aromatic heterocycles. The minimum Gasteiger partial charge on any atom is -0.207 e. The van der Waals surface area contributed by atoms with E-state index in [0.717, 1.165) is 13.8 Å². The summed E-state index contributed by atoms with van der Waals surface area (Å²) in [7, 11) is 0. The van der Waals surface area contributed by atoms with E-state index in [1.807, 2.05) is 6.92 Å². The molecule has 0 saturated heterocycles. The Balaban J connectivity index is 2.77. The molecule has 1 fully saturated rings. The first-order valence-electron chi connectivity index (χ1n) is 5.90. The van der Waals surface area contributed by atoms with E-state index in [2.05, 4.69) is 0 Å². The molecular formula is C12H20F4. The number of rotatable bonds is 3. The Kier molecular flexibility index (Phi) is 3.91. The van der Waals surface area contributed by atoms with Gasteiger partial charge in [0, 0.05) is 11.8 Å². The van der Waals surface area contributed by atoms with Gasteiger partial charge in [-0.3, -0.25) is 0 Å². The summed E-state index contributed by atoms with van der Waals surface area (Å²) in [5.41, 5.74) is 0. The zero-order chi connectivity index (χ0) is 12.6. The van der Waals surface area contributed by atoms with Crippen molar-refractivity contribution in [2.75, 3.05) is 0 Å². The predicted octanol–water partition coefficient (Wildman–Crippen LogP) is 4.74. The molecule has 96 valence electrons. The van der Waals surface area contributed by atoms with Gasteiger partial charge < -0.3 is 0 Å². The van der Waals surface area contributed by atoms with Crippen molar-refractivity contribution in [3.8, 4) is 0 Å². The van der Waals surface area contributed by atoms with Crippen LogP contribution in [0.1, 0.15) is 46.5 Å². The van der Waals surface area contributed by atoms with Crippen molar-refractivity contribution in [3.63, 3.8) is 0 Å². The minimum atomic E-state index is -2.84. The number of halogens is 4. The molecule has 0 aromatic rings. The summed E-state index contributed by atoms with van der Waals surface area (Å²) >= 11 is 0. The van der Waals surface area contributed by atoms with Crippen molar-refractivity contribution in [1.82, 2.24) is 0 Å². The van der Waals surface area contributed by atoms with Crippen molar-refractivity contribution in [2.45, 2.75) is 58.3 Å². The van der Waals surface area contributed by atoms with Gasteiger partial charge in [0.05, 0.1) is 0 Å². The molecule has 0 bridgehead atoms. The molecule has 16 heavy (non-hydrogen) atoms. The first-order valence-corrected chi connectivity index (χ1v) is 5.90. The van der Waals surface area contributed by atoms with Gasteiger partial charge in [-0.05, 0) is 39.0 Å². The molecule has 0 nitrogen and oxygen atoms in total. The number of alkyl halides is 4. The lowest BCUT2D eigenvalue weighted by atomic mass is 9.70. The zero-order valence-electron chi connectivity index (χ0n) is 10.1. The normalized spacial score (nSPS) is 32.8. The van der Waals surface area contributed by atoms with Gasteiger partial charge in [0.25, 0.3) is 0 Å². The standard InChI is InChI=1S/C12H20F4/c1-4-8-5-9(11(2,13)14)7-10(6-8)12(3,15)16/h8-10H,4-7H2,1-3H3/t8?,9-,10+. The fourth-order valence-corrected chi connectivity index (χ4v) is 2.60. The second kappa shape index (κ2) is 4.53. The van der Waals surface area contributed by atoms with E-state index in [-0.39, 0.29) is 12.3 Å². The van der Waals surface area contributed by atoms with E-state index in [0.29, 0.717) is 19.3 Å². The van der Waals surface area contributed by atoms with Crippen molar-refractivity contribution in [2.24, 2.45) is 17.8 Å². The van der Waals surface area contributed by atoms with Crippen molar-refractivity contribution >= 4 is 0 Å². The van der Waals surface area contributed by atoms with Crippen LogP contribution < -0.4 is 0 Å². The molecule has 0 heterocycles. The Morgan fingerprint density at radius 3 is 1.50 bits per heavy atom. The summed E-state index contributed by atoms with van der Waals surface area (Å²) in [4.78, 5) is 0. The molecule has 1 aliphatic rings. The van der Waals surface area contributed by atoms with E-state index in [1.165, 1.54) is 0 Å². The maximum Gasteiger partial charge on any atom is 0.248 e. The van der Waals surface area contributed by atoms with Crippen LogP contribution in [0.15, 0.2) is 0 Å². The summed E-state index contributed by atoms with van der Waals surface area (Å²) in [6, 6.07) is 0. The van der Waals surface area contributed by atoms with Gasteiger partial charge in [0.1, 0.15) is 0 Å². The summed E-state index contributed by atoms with van der Waals surface area (Å²) in [5, 5.41) is 0. The molecule has 1 unspecified atom stereocenters. The van der Waals surface area contributed by atoms with Crippen molar-refractivity contribution in [3.05, 3.63) is 0 Å². The molecule has 0 radical (unpaired) electrons. The van der Waals surface area contributed by atoms with Gasteiger partial charge in [0.2, 0.25) is 11.8 Å². The summed E-state index contributed by atoms with van der Waals surface area (Å²) in [6.45, 7) is 3.58. The van der Waals surface area contributed by atoms with E-state index in [1.54, 1.807) is 0 Å². The van der Waals surface area contributed by atoms with Gasteiger partial charge in [-0.25, -0.2) is 17.6 Å². The third kappa shape index (κ3) is 3.36. The lowest BCUT2D eigenvalue weighted by molar-refractivity contribution is -0.117.